The first-order valence-corrected chi connectivity index (χ1v) is 7.03. The number of aromatic amines is 1. The van der Waals surface area contributed by atoms with Gasteiger partial charge < -0.3 is 11.1 Å². The predicted molar refractivity (Wildman–Crippen MR) is 87.9 cm³/mol. The maximum Gasteiger partial charge on any atom is 0.330 e. The number of hydrogen-bond acceptors (Lipinski definition) is 4. The molecule has 1 aromatic carbocycles. The molecule has 2 rings (SSSR count). The van der Waals surface area contributed by atoms with Crippen molar-refractivity contribution in [2.45, 2.75) is 19.4 Å². The van der Waals surface area contributed by atoms with E-state index in [4.69, 9.17) is 12.2 Å². The summed E-state index contributed by atoms with van der Waals surface area (Å²) in [6, 6.07) is 6.07. The Morgan fingerprint density at radius 1 is 1.38 bits per heavy atom. The first kappa shape index (κ1) is 17.0. The molecule has 124 valence electrons. The number of halogens is 1. The largest absolute Gasteiger partial charge is 0.383 e. The zero-order valence-electron chi connectivity index (χ0n) is 12.6. The number of benzene rings is 1. The molecule has 0 atom stereocenters. The molecule has 0 aliphatic rings. The van der Waals surface area contributed by atoms with Crippen molar-refractivity contribution in [1.29, 1.82) is 0 Å². The molecular formula is C16H15FN4O3. The van der Waals surface area contributed by atoms with Crippen LogP contribution in [0, 0.1) is 18.2 Å². The van der Waals surface area contributed by atoms with E-state index < -0.39 is 23.0 Å². The van der Waals surface area contributed by atoms with E-state index in [1.165, 1.54) is 6.07 Å². The van der Waals surface area contributed by atoms with Gasteiger partial charge in [-0.3, -0.25) is 14.6 Å². The van der Waals surface area contributed by atoms with Crippen molar-refractivity contribution >= 4 is 17.4 Å². The van der Waals surface area contributed by atoms with E-state index in [0.717, 1.165) is 4.57 Å². The first-order valence-electron chi connectivity index (χ1n) is 7.03. The third-order valence-corrected chi connectivity index (χ3v) is 3.31. The van der Waals surface area contributed by atoms with Gasteiger partial charge in [0.2, 0.25) is 5.91 Å². The number of nitrogens with two attached hydrogens (primary N) is 1. The van der Waals surface area contributed by atoms with E-state index in [0.29, 0.717) is 5.56 Å². The second kappa shape index (κ2) is 7.28. The summed E-state index contributed by atoms with van der Waals surface area (Å²) in [5.41, 5.74) is 4.13. The average Bonchev–Trinajstić information content (AvgIpc) is 2.54. The van der Waals surface area contributed by atoms with Crippen LogP contribution in [0.3, 0.4) is 0 Å². The number of rotatable bonds is 5. The van der Waals surface area contributed by atoms with Crippen LogP contribution in [-0.4, -0.2) is 15.5 Å². The summed E-state index contributed by atoms with van der Waals surface area (Å²) < 4.78 is 14.3. The van der Waals surface area contributed by atoms with Gasteiger partial charge in [0.1, 0.15) is 17.3 Å². The predicted octanol–water partition coefficient (Wildman–Crippen LogP) is 0.462. The highest BCUT2D eigenvalue weighted by molar-refractivity contribution is 5.92. The average molecular weight is 330 g/mol. The molecule has 0 aliphatic carbocycles. The Labute approximate surface area is 136 Å². The topological polar surface area (TPSA) is 110 Å². The molecular weight excluding hydrogens is 315 g/mol. The number of hydrogen-bond donors (Lipinski definition) is 3. The zero-order chi connectivity index (χ0) is 17.7. The molecule has 1 amide bonds. The Morgan fingerprint density at radius 2 is 2.08 bits per heavy atom. The number of carbonyl (C=O) groups excluding carboxylic acids is 1. The van der Waals surface area contributed by atoms with E-state index in [9.17, 15) is 18.8 Å². The third kappa shape index (κ3) is 3.70. The zero-order valence-corrected chi connectivity index (χ0v) is 12.6. The number of carbonyl (C=O) groups is 1. The maximum absolute atomic E-state index is 13.5. The van der Waals surface area contributed by atoms with E-state index in [-0.39, 0.29) is 30.9 Å². The summed E-state index contributed by atoms with van der Waals surface area (Å²) in [4.78, 5) is 38.0. The summed E-state index contributed by atoms with van der Waals surface area (Å²) in [7, 11) is 0. The van der Waals surface area contributed by atoms with Crippen molar-refractivity contribution in [3.05, 3.63) is 56.5 Å². The quantitative estimate of drug-likeness (QED) is 0.692. The number of nitrogens with zero attached hydrogens (tertiary/aromatic N) is 1. The molecule has 7 nitrogen and oxygen atoms in total. The fraction of sp³-hybridized carbons (Fsp3) is 0.188. The summed E-state index contributed by atoms with van der Waals surface area (Å²) >= 11 is 0. The van der Waals surface area contributed by atoms with Crippen molar-refractivity contribution < 1.29 is 9.18 Å². The molecule has 0 spiro atoms. The lowest BCUT2D eigenvalue weighted by Gasteiger charge is -2.09. The minimum Gasteiger partial charge on any atom is -0.383 e. The van der Waals surface area contributed by atoms with Crippen LogP contribution in [0.2, 0.25) is 0 Å². The Bertz CT molecular complexity index is 924. The first-order chi connectivity index (χ1) is 11.4. The van der Waals surface area contributed by atoms with Gasteiger partial charge in [0.25, 0.3) is 5.56 Å². The number of H-pyrrole nitrogens is 1. The fourth-order valence-corrected chi connectivity index (χ4v) is 2.09. The Hall–Kier alpha value is -3.34. The standard InChI is InChI=1S/C16H15FN4O3/c1-2-9-21-15(23)13(14(18)20-16(21)24)19-12(22)8-7-10-5-3-4-6-11(10)17/h1,3-6H,7-9,18H2,(H,19,22)(H,20,24). The van der Waals surface area contributed by atoms with Crippen LogP contribution in [-0.2, 0) is 17.8 Å². The molecule has 0 bridgehead atoms. The SMILES string of the molecule is C#CCn1c(=O)[nH]c(N)c(NC(=O)CCc2ccccc2F)c1=O. The summed E-state index contributed by atoms with van der Waals surface area (Å²) in [5.74, 6) is 0.948. The monoisotopic (exact) mass is 330 g/mol. The van der Waals surface area contributed by atoms with Crippen LogP contribution in [0.4, 0.5) is 15.9 Å². The lowest BCUT2D eigenvalue weighted by atomic mass is 10.1. The lowest BCUT2D eigenvalue weighted by molar-refractivity contribution is -0.116. The molecule has 0 fully saturated rings. The molecule has 8 heteroatoms. The Morgan fingerprint density at radius 3 is 2.75 bits per heavy atom. The van der Waals surface area contributed by atoms with E-state index >= 15 is 0 Å². The summed E-state index contributed by atoms with van der Waals surface area (Å²) in [5, 5.41) is 2.34. The number of aryl methyl sites for hydroxylation is 1. The van der Waals surface area contributed by atoms with Crippen LogP contribution in [0.25, 0.3) is 0 Å². The van der Waals surface area contributed by atoms with Gasteiger partial charge in [0, 0.05) is 6.42 Å². The van der Waals surface area contributed by atoms with Crippen molar-refractivity contribution in [2.75, 3.05) is 11.1 Å². The van der Waals surface area contributed by atoms with Gasteiger partial charge in [-0.05, 0) is 18.1 Å². The molecule has 2 aromatic rings. The highest BCUT2D eigenvalue weighted by atomic mass is 19.1. The molecule has 4 N–H and O–H groups in total. The summed E-state index contributed by atoms with van der Waals surface area (Å²) in [6.07, 6.45) is 5.19. The Balaban J connectivity index is 2.16. The number of anilines is 2. The molecule has 0 radical (unpaired) electrons. The highest BCUT2D eigenvalue weighted by Crippen LogP contribution is 2.11. The highest BCUT2D eigenvalue weighted by Gasteiger charge is 2.14. The third-order valence-electron chi connectivity index (χ3n) is 3.31. The number of nitrogen functional groups attached to an aromatic ring is 1. The second-order valence-electron chi connectivity index (χ2n) is 4.95. The van der Waals surface area contributed by atoms with Gasteiger partial charge in [-0.1, -0.05) is 24.1 Å². The second-order valence-corrected chi connectivity index (χ2v) is 4.95. The van der Waals surface area contributed by atoms with Crippen LogP contribution < -0.4 is 22.3 Å². The van der Waals surface area contributed by atoms with Gasteiger partial charge in [0.15, 0.2) is 0 Å². The molecule has 1 heterocycles. The van der Waals surface area contributed by atoms with Crippen LogP contribution >= 0.6 is 0 Å². The lowest BCUT2D eigenvalue weighted by Crippen LogP contribution is -2.38. The van der Waals surface area contributed by atoms with Crippen LogP contribution in [0.1, 0.15) is 12.0 Å². The van der Waals surface area contributed by atoms with Gasteiger partial charge in [-0.25, -0.2) is 13.8 Å². The van der Waals surface area contributed by atoms with Gasteiger partial charge in [-0.2, -0.15) is 0 Å². The van der Waals surface area contributed by atoms with Crippen molar-refractivity contribution in [2.24, 2.45) is 0 Å². The number of amides is 1. The van der Waals surface area contributed by atoms with Crippen molar-refractivity contribution in [1.82, 2.24) is 9.55 Å². The van der Waals surface area contributed by atoms with E-state index in [2.05, 4.69) is 16.2 Å². The van der Waals surface area contributed by atoms with Gasteiger partial charge >= 0.3 is 5.69 Å². The summed E-state index contributed by atoms with van der Waals surface area (Å²) in [6.45, 7) is -0.257. The van der Waals surface area contributed by atoms with Gasteiger partial charge in [-0.15, -0.1) is 6.42 Å². The van der Waals surface area contributed by atoms with E-state index in [1.54, 1.807) is 18.2 Å². The minimum absolute atomic E-state index is 0.0614. The molecule has 0 saturated heterocycles. The van der Waals surface area contributed by atoms with Crippen molar-refractivity contribution in [3.63, 3.8) is 0 Å². The Kier molecular flexibility index (Phi) is 5.16. The van der Waals surface area contributed by atoms with Crippen LogP contribution in [0.5, 0.6) is 0 Å². The molecule has 24 heavy (non-hydrogen) atoms. The molecule has 1 aromatic heterocycles. The maximum atomic E-state index is 13.5. The molecule has 0 saturated carbocycles. The normalized spacial score (nSPS) is 10.2. The van der Waals surface area contributed by atoms with Gasteiger partial charge in [0.05, 0.1) is 6.54 Å². The molecule has 0 aliphatic heterocycles. The minimum atomic E-state index is -0.798. The number of terminal acetylenes is 1. The molecule has 0 unspecified atom stereocenters. The number of aromatic nitrogens is 2. The van der Waals surface area contributed by atoms with Crippen LogP contribution in [0.15, 0.2) is 33.9 Å². The van der Waals surface area contributed by atoms with E-state index in [1.807, 2.05) is 0 Å². The van der Waals surface area contributed by atoms with Crippen molar-refractivity contribution in [3.8, 4) is 12.3 Å². The fourth-order valence-electron chi connectivity index (χ4n) is 2.09. The smallest absolute Gasteiger partial charge is 0.330 e. The number of nitrogens with one attached hydrogen (secondary N) is 2.